The first-order chi connectivity index (χ1) is 12.3. The molecular weight excluding hydrogens is 332 g/mol. The maximum atomic E-state index is 12.7. The van der Waals surface area contributed by atoms with Crippen LogP contribution >= 0.6 is 0 Å². The van der Waals surface area contributed by atoms with E-state index in [1.165, 1.54) is 0 Å². The van der Waals surface area contributed by atoms with Gasteiger partial charge in [0.2, 0.25) is 0 Å². The van der Waals surface area contributed by atoms with E-state index in [-0.39, 0.29) is 24.0 Å². The number of carboxylic acids is 1. The molecule has 144 valence electrons. The third-order valence-corrected chi connectivity index (χ3v) is 4.71. The first-order valence-corrected chi connectivity index (χ1v) is 9.22. The highest BCUT2D eigenvalue weighted by Crippen LogP contribution is 2.24. The van der Waals surface area contributed by atoms with Gasteiger partial charge in [-0.15, -0.1) is 0 Å². The van der Waals surface area contributed by atoms with Gasteiger partial charge in [-0.2, -0.15) is 5.10 Å². The number of nitrogens with zero attached hydrogens (tertiary/aromatic N) is 3. The standard InChI is InChI=1S/C19H30N4O3/c1-13(2)10-22(11-15-9-20-23(12-15)14(3)4)19(26)21-17-7-5-16(6-8-17)18(24)25/h9,12,14,16-17H,1,5-8,10-11H2,2-4H3,(H,21,26)(H,24,25). The lowest BCUT2D eigenvalue weighted by Crippen LogP contribution is -2.46. The minimum Gasteiger partial charge on any atom is -0.481 e. The summed E-state index contributed by atoms with van der Waals surface area (Å²) in [5.74, 6) is -1.02. The Morgan fingerprint density at radius 3 is 2.54 bits per heavy atom. The highest BCUT2D eigenvalue weighted by Gasteiger charge is 2.28. The Bertz CT molecular complexity index is 645. The lowest BCUT2D eigenvalue weighted by Gasteiger charge is -2.30. The van der Waals surface area contributed by atoms with Crippen molar-refractivity contribution in [2.45, 2.75) is 65.1 Å². The largest absolute Gasteiger partial charge is 0.481 e. The fourth-order valence-electron chi connectivity index (χ4n) is 3.24. The van der Waals surface area contributed by atoms with Crippen LogP contribution in [0.2, 0.25) is 0 Å². The van der Waals surface area contributed by atoms with E-state index >= 15 is 0 Å². The molecule has 26 heavy (non-hydrogen) atoms. The molecule has 1 heterocycles. The fourth-order valence-corrected chi connectivity index (χ4v) is 3.24. The van der Waals surface area contributed by atoms with E-state index in [2.05, 4.69) is 30.8 Å². The second-order valence-corrected chi connectivity index (χ2v) is 7.57. The third-order valence-electron chi connectivity index (χ3n) is 4.71. The molecule has 1 saturated carbocycles. The number of aliphatic carboxylic acids is 1. The summed E-state index contributed by atoms with van der Waals surface area (Å²) >= 11 is 0. The molecular formula is C19H30N4O3. The van der Waals surface area contributed by atoms with Crippen molar-refractivity contribution in [3.63, 3.8) is 0 Å². The van der Waals surface area contributed by atoms with E-state index in [9.17, 15) is 9.59 Å². The number of hydrogen-bond acceptors (Lipinski definition) is 3. The van der Waals surface area contributed by atoms with E-state index in [0.29, 0.717) is 38.8 Å². The van der Waals surface area contributed by atoms with Crippen molar-refractivity contribution in [1.82, 2.24) is 20.0 Å². The van der Waals surface area contributed by atoms with Gasteiger partial charge >= 0.3 is 12.0 Å². The first-order valence-electron chi connectivity index (χ1n) is 9.22. The summed E-state index contributed by atoms with van der Waals surface area (Å²) in [6.07, 6.45) is 6.38. The summed E-state index contributed by atoms with van der Waals surface area (Å²) < 4.78 is 1.87. The molecule has 0 radical (unpaired) electrons. The lowest BCUT2D eigenvalue weighted by atomic mass is 9.86. The summed E-state index contributed by atoms with van der Waals surface area (Å²) in [5, 5.41) is 16.5. The first kappa shape index (κ1) is 20.0. The maximum Gasteiger partial charge on any atom is 0.318 e. The van der Waals surface area contributed by atoms with Crippen LogP contribution in [0.1, 0.15) is 58.1 Å². The second kappa shape index (κ2) is 8.87. The summed E-state index contributed by atoms with van der Waals surface area (Å²) in [6, 6.07) is 0.171. The van der Waals surface area contributed by atoms with Crippen LogP contribution in [0.5, 0.6) is 0 Å². The van der Waals surface area contributed by atoms with Gasteiger partial charge in [0, 0.05) is 30.4 Å². The number of carbonyl (C=O) groups excluding carboxylic acids is 1. The van der Waals surface area contributed by atoms with Gasteiger partial charge in [-0.25, -0.2) is 4.79 Å². The number of amides is 2. The molecule has 7 heteroatoms. The van der Waals surface area contributed by atoms with Gasteiger partial charge in [-0.1, -0.05) is 12.2 Å². The quantitative estimate of drug-likeness (QED) is 0.729. The number of rotatable bonds is 7. The normalized spacial score (nSPS) is 20.0. The average Bonchev–Trinajstić information content (AvgIpc) is 3.03. The van der Waals surface area contributed by atoms with Crippen molar-refractivity contribution in [3.05, 3.63) is 30.1 Å². The summed E-state index contributed by atoms with van der Waals surface area (Å²) in [4.78, 5) is 25.5. The van der Waals surface area contributed by atoms with Gasteiger partial charge in [-0.05, 0) is 46.5 Å². The minimum absolute atomic E-state index is 0.0316. The topological polar surface area (TPSA) is 87.5 Å². The van der Waals surface area contributed by atoms with Gasteiger partial charge in [-0.3, -0.25) is 9.48 Å². The predicted octanol–water partition coefficient (Wildman–Crippen LogP) is 3.20. The van der Waals surface area contributed by atoms with E-state index in [1.54, 1.807) is 11.1 Å². The number of carboxylic acid groups (broad SMARTS) is 1. The Balaban J connectivity index is 1.96. The van der Waals surface area contributed by atoms with Crippen molar-refractivity contribution in [3.8, 4) is 0 Å². The molecule has 7 nitrogen and oxygen atoms in total. The molecule has 2 amide bonds. The monoisotopic (exact) mass is 362 g/mol. The van der Waals surface area contributed by atoms with E-state index in [4.69, 9.17) is 5.11 Å². The van der Waals surface area contributed by atoms with E-state index < -0.39 is 5.97 Å². The van der Waals surface area contributed by atoms with Gasteiger partial charge in [0.1, 0.15) is 0 Å². The van der Waals surface area contributed by atoms with Crippen molar-refractivity contribution in [2.24, 2.45) is 5.92 Å². The van der Waals surface area contributed by atoms with Crippen LogP contribution in [0, 0.1) is 5.92 Å². The van der Waals surface area contributed by atoms with Crippen LogP contribution in [-0.2, 0) is 11.3 Å². The van der Waals surface area contributed by atoms with Crippen LogP contribution in [0.15, 0.2) is 24.5 Å². The van der Waals surface area contributed by atoms with Crippen LogP contribution in [0.3, 0.4) is 0 Å². The number of urea groups is 1. The van der Waals surface area contributed by atoms with Crippen LogP contribution < -0.4 is 5.32 Å². The van der Waals surface area contributed by atoms with Gasteiger partial charge in [0.05, 0.1) is 18.7 Å². The molecule has 0 aromatic carbocycles. The maximum absolute atomic E-state index is 12.7. The van der Waals surface area contributed by atoms with Crippen molar-refractivity contribution >= 4 is 12.0 Å². The molecule has 0 aliphatic heterocycles. The zero-order valence-electron chi connectivity index (χ0n) is 15.9. The molecule has 1 aliphatic rings. The average molecular weight is 362 g/mol. The zero-order chi connectivity index (χ0) is 19.3. The molecule has 0 spiro atoms. The zero-order valence-corrected chi connectivity index (χ0v) is 15.9. The highest BCUT2D eigenvalue weighted by atomic mass is 16.4. The van der Waals surface area contributed by atoms with Crippen LogP contribution in [-0.4, -0.2) is 44.4 Å². The lowest BCUT2D eigenvalue weighted by molar-refractivity contribution is -0.142. The summed E-state index contributed by atoms with van der Waals surface area (Å²) in [5.41, 5.74) is 1.88. The molecule has 0 saturated heterocycles. The summed E-state index contributed by atoms with van der Waals surface area (Å²) in [6.45, 7) is 10.9. The number of hydrogen-bond donors (Lipinski definition) is 2. The molecule has 1 aromatic rings. The predicted molar refractivity (Wildman–Crippen MR) is 99.7 cm³/mol. The molecule has 1 fully saturated rings. The van der Waals surface area contributed by atoms with E-state index in [0.717, 1.165) is 11.1 Å². The minimum atomic E-state index is -0.735. The Morgan fingerprint density at radius 1 is 1.38 bits per heavy atom. The smallest absolute Gasteiger partial charge is 0.318 e. The molecule has 0 bridgehead atoms. The SMILES string of the molecule is C=C(C)CN(Cc1cnn(C(C)C)c1)C(=O)NC1CCC(C(=O)O)CC1. The van der Waals surface area contributed by atoms with Gasteiger partial charge in [0.25, 0.3) is 0 Å². The fraction of sp³-hybridized carbons (Fsp3) is 0.632. The van der Waals surface area contributed by atoms with Gasteiger partial charge in [0.15, 0.2) is 0 Å². The van der Waals surface area contributed by atoms with Crippen LogP contribution in [0.25, 0.3) is 0 Å². The number of carbonyl (C=O) groups is 2. The molecule has 1 aromatic heterocycles. The summed E-state index contributed by atoms with van der Waals surface area (Å²) in [7, 11) is 0. The Morgan fingerprint density at radius 2 is 2.04 bits per heavy atom. The Hall–Kier alpha value is -2.31. The molecule has 2 rings (SSSR count). The number of aromatic nitrogens is 2. The molecule has 2 N–H and O–H groups in total. The van der Waals surface area contributed by atoms with Crippen molar-refractivity contribution < 1.29 is 14.7 Å². The molecule has 0 atom stereocenters. The Labute approximate surface area is 155 Å². The van der Waals surface area contributed by atoms with E-state index in [1.807, 2.05) is 17.8 Å². The van der Waals surface area contributed by atoms with Crippen molar-refractivity contribution in [2.75, 3.05) is 6.54 Å². The highest BCUT2D eigenvalue weighted by molar-refractivity contribution is 5.75. The van der Waals surface area contributed by atoms with Gasteiger partial charge < -0.3 is 15.3 Å². The second-order valence-electron chi connectivity index (χ2n) is 7.57. The molecule has 1 aliphatic carbocycles. The van der Waals surface area contributed by atoms with Crippen LogP contribution in [0.4, 0.5) is 4.79 Å². The Kier molecular flexibility index (Phi) is 6.83. The molecule has 0 unspecified atom stereocenters. The third kappa shape index (κ3) is 5.61. The number of nitrogens with one attached hydrogen (secondary N) is 1. The van der Waals surface area contributed by atoms with Crippen molar-refractivity contribution in [1.29, 1.82) is 0 Å².